The highest BCUT2D eigenvalue weighted by Gasteiger charge is 2.32. The number of aliphatic hydroxyl groups is 1. The van der Waals surface area contributed by atoms with Crippen molar-refractivity contribution in [2.45, 2.75) is 65.3 Å². The predicted octanol–water partition coefficient (Wildman–Crippen LogP) is 5.07. The van der Waals surface area contributed by atoms with Gasteiger partial charge in [-0.15, -0.1) is 6.58 Å². The van der Waals surface area contributed by atoms with Crippen molar-refractivity contribution in [2.75, 3.05) is 29.9 Å². The first kappa shape index (κ1) is 32.8. The van der Waals surface area contributed by atoms with E-state index >= 15 is 0 Å². The maximum Gasteiger partial charge on any atom is 0.410 e. The number of aromatic nitrogens is 6. The van der Waals surface area contributed by atoms with Gasteiger partial charge in [-0.25, -0.2) is 24.1 Å². The summed E-state index contributed by atoms with van der Waals surface area (Å²) in [5.41, 5.74) is 1.60. The third-order valence-corrected chi connectivity index (χ3v) is 8.39. The number of nitrogens with zero attached hydrogens (tertiary/aromatic N) is 8. The number of benzene rings is 1. The van der Waals surface area contributed by atoms with Crippen LogP contribution in [0.2, 0.25) is 0 Å². The minimum absolute atomic E-state index is 0.0606. The summed E-state index contributed by atoms with van der Waals surface area (Å²) in [5.74, 6) is 0.730. The van der Waals surface area contributed by atoms with E-state index in [9.17, 15) is 14.7 Å². The molecule has 0 aliphatic carbocycles. The number of carbonyl (C=O) groups is 1. The molecule has 5 aromatic rings. The molecule has 1 saturated heterocycles. The summed E-state index contributed by atoms with van der Waals surface area (Å²) in [6.45, 7) is 16.8. The molecule has 5 heterocycles. The molecular weight excluding hydrogens is 610 g/mol. The van der Waals surface area contributed by atoms with Crippen LogP contribution >= 0.6 is 0 Å². The molecule has 0 bridgehead atoms. The van der Waals surface area contributed by atoms with Gasteiger partial charge in [-0.3, -0.25) is 4.79 Å². The number of hydrogen-bond donors (Lipinski definition) is 2. The van der Waals surface area contributed by atoms with Crippen molar-refractivity contribution in [2.24, 2.45) is 7.05 Å². The zero-order chi connectivity index (χ0) is 34.5. The Balaban J connectivity index is 1.37. The number of rotatable bonds is 7. The summed E-state index contributed by atoms with van der Waals surface area (Å²) in [5, 5.41) is 15.4. The monoisotopic (exact) mass is 653 g/mol. The average Bonchev–Trinajstić information content (AvgIpc) is 3.51. The minimum atomic E-state index is -1.18. The van der Waals surface area contributed by atoms with Crippen molar-refractivity contribution in [3.8, 4) is 5.82 Å². The second kappa shape index (κ2) is 12.1. The lowest BCUT2D eigenvalue weighted by Gasteiger charge is -2.41. The van der Waals surface area contributed by atoms with E-state index in [2.05, 4.69) is 43.5 Å². The fourth-order valence-corrected chi connectivity index (χ4v) is 6.07. The standard InChI is InChI=1S/C35H43N9O4/c1-9-14-43-31(45)25-20-36-32(39-30(25)44(43)29-12-10-11-28(38-29)35(6,7)47)37-23-18-26-24(13-15-40(26)8)27(19-23)41-16-17-42(22(2)21-41)33(46)48-34(3,4)5/h9-13,15,18-20,22,47H,1,14,16-17,21H2,2-8H3,(H,36,37,39)/t22-/m0/s1. The van der Waals surface area contributed by atoms with Crippen molar-refractivity contribution in [3.63, 3.8) is 0 Å². The van der Waals surface area contributed by atoms with Gasteiger partial charge in [0.2, 0.25) is 5.95 Å². The first-order valence-electron chi connectivity index (χ1n) is 16.0. The van der Waals surface area contributed by atoms with E-state index in [-0.39, 0.29) is 24.2 Å². The molecule has 1 aliphatic heterocycles. The van der Waals surface area contributed by atoms with E-state index < -0.39 is 11.2 Å². The number of ether oxygens (including phenoxy) is 1. The van der Waals surface area contributed by atoms with Crippen LogP contribution in [-0.4, -0.2) is 76.3 Å². The fraction of sp³-hybridized carbons (Fsp3) is 0.400. The quantitative estimate of drug-likeness (QED) is 0.231. The summed E-state index contributed by atoms with van der Waals surface area (Å²) < 4.78 is 10.9. The summed E-state index contributed by atoms with van der Waals surface area (Å²) in [7, 11) is 2.00. The molecular formula is C35H43N9O4. The van der Waals surface area contributed by atoms with Crippen LogP contribution in [0, 0.1) is 0 Å². The SMILES string of the molecule is C=CCn1c(=O)c2cnc(Nc3cc(N4CCN(C(=O)OC(C)(C)C)[C@@H](C)C4)c4ccn(C)c4c3)nc2n1-c1cccc(C(C)(C)O)n1. The lowest BCUT2D eigenvalue weighted by atomic mass is 10.1. The summed E-state index contributed by atoms with van der Waals surface area (Å²) in [4.78, 5) is 44.4. The molecule has 48 heavy (non-hydrogen) atoms. The minimum Gasteiger partial charge on any atom is -0.444 e. The number of hydrogen-bond acceptors (Lipinski definition) is 9. The normalized spacial score (nSPS) is 15.7. The molecule has 4 aromatic heterocycles. The highest BCUT2D eigenvalue weighted by Crippen LogP contribution is 2.34. The number of piperazine rings is 1. The molecule has 13 heteroatoms. The van der Waals surface area contributed by atoms with Gasteiger partial charge in [-0.05, 0) is 71.9 Å². The number of amides is 1. The second-order valence-corrected chi connectivity index (χ2v) is 13.8. The molecule has 1 atom stereocenters. The molecule has 1 aliphatic rings. The molecule has 0 saturated carbocycles. The Labute approximate surface area is 279 Å². The van der Waals surface area contributed by atoms with Gasteiger partial charge >= 0.3 is 6.09 Å². The van der Waals surface area contributed by atoms with Gasteiger partial charge in [0.1, 0.15) is 16.6 Å². The largest absolute Gasteiger partial charge is 0.444 e. The number of pyridine rings is 1. The number of allylic oxidation sites excluding steroid dienone is 1. The van der Waals surface area contributed by atoms with Crippen LogP contribution in [0.1, 0.15) is 47.2 Å². The van der Waals surface area contributed by atoms with Gasteiger partial charge in [0.15, 0.2) is 11.5 Å². The van der Waals surface area contributed by atoms with E-state index in [0.717, 1.165) is 22.3 Å². The smallest absolute Gasteiger partial charge is 0.410 e. The number of carbonyl (C=O) groups excluding carboxylic acids is 1. The van der Waals surface area contributed by atoms with Gasteiger partial charge in [-0.1, -0.05) is 12.1 Å². The molecule has 2 N–H and O–H groups in total. The van der Waals surface area contributed by atoms with Crippen LogP contribution in [0.5, 0.6) is 0 Å². The molecule has 0 spiro atoms. The summed E-state index contributed by atoms with van der Waals surface area (Å²) >= 11 is 0. The van der Waals surface area contributed by atoms with E-state index in [1.54, 1.807) is 47.7 Å². The van der Waals surface area contributed by atoms with E-state index in [1.807, 2.05) is 47.0 Å². The molecule has 0 radical (unpaired) electrons. The van der Waals surface area contributed by atoms with Crippen LogP contribution < -0.4 is 15.8 Å². The van der Waals surface area contributed by atoms with Crippen LogP contribution in [0.15, 0.2) is 66.2 Å². The lowest BCUT2D eigenvalue weighted by Crippen LogP contribution is -2.55. The molecule has 1 amide bonds. The van der Waals surface area contributed by atoms with Crippen molar-refractivity contribution in [1.29, 1.82) is 0 Å². The van der Waals surface area contributed by atoms with Gasteiger partial charge in [0.25, 0.3) is 5.56 Å². The number of nitrogens with one attached hydrogen (secondary N) is 1. The predicted molar refractivity (Wildman–Crippen MR) is 187 cm³/mol. The van der Waals surface area contributed by atoms with Crippen molar-refractivity contribution in [3.05, 3.63) is 77.5 Å². The lowest BCUT2D eigenvalue weighted by molar-refractivity contribution is 0.0159. The third kappa shape index (κ3) is 6.25. The number of aryl methyl sites for hydroxylation is 1. The topological polar surface area (TPSA) is 136 Å². The Bertz CT molecular complexity index is 2080. The van der Waals surface area contributed by atoms with E-state index in [1.165, 1.54) is 10.9 Å². The maximum atomic E-state index is 13.5. The van der Waals surface area contributed by atoms with Crippen molar-refractivity contribution < 1.29 is 14.6 Å². The Morgan fingerprint density at radius 2 is 1.90 bits per heavy atom. The zero-order valence-corrected chi connectivity index (χ0v) is 28.6. The Morgan fingerprint density at radius 1 is 1.12 bits per heavy atom. The van der Waals surface area contributed by atoms with Crippen LogP contribution in [0.25, 0.3) is 27.8 Å². The van der Waals surface area contributed by atoms with E-state index in [4.69, 9.17) is 9.72 Å². The van der Waals surface area contributed by atoms with Gasteiger partial charge < -0.3 is 29.5 Å². The molecule has 1 fully saturated rings. The van der Waals surface area contributed by atoms with Gasteiger partial charge in [0.05, 0.1) is 17.8 Å². The average molecular weight is 654 g/mol. The van der Waals surface area contributed by atoms with Crippen LogP contribution in [-0.2, 0) is 23.9 Å². The second-order valence-electron chi connectivity index (χ2n) is 13.8. The molecule has 252 valence electrons. The Hall–Kier alpha value is -5.17. The summed E-state index contributed by atoms with van der Waals surface area (Å²) in [6, 6.07) is 11.4. The number of fused-ring (bicyclic) bond motifs is 2. The van der Waals surface area contributed by atoms with Crippen LogP contribution in [0.3, 0.4) is 0 Å². The third-order valence-electron chi connectivity index (χ3n) is 8.39. The van der Waals surface area contributed by atoms with E-state index in [0.29, 0.717) is 48.1 Å². The fourth-order valence-electron chi connectivity index (χ4n) is 6.07. The van der Waals surface area contributed by atoms with Crippen LogP contribution in [0.4, 0.5) is 22.1 Å². The molecule has 1 aromatic carbocycles. The number of anilines is 3. The highest BCUT2D eigenvalue weighted by molar-refractivity contribution is 5.96. The van der Waals surface area contributed by atoms with Gasteiger partial charge in [0, 0.05) is 61.9 Å². The maximum absolute atomic E-state index is 13.5. The Kier molecular flexibility index (Phi) is 8.28. The molecule has 13 nitrogen and oxygen atoms in total. The first-order valence-corrected chi connectivity index (χ1v) is 16.0. The first-order chi connectivity index (χ1) is 22.6. The van der Waals surface area contributed by atoms with Crippen molar-refractivity contribution >= 4 is 45.4 Å². The van der Waals surface area contributed by atoms with Crippen molar-refractivity contribution in [1.82, 2.24) is 33.8 Å². The molecule has 6 rings (SSSR count). The Morgan fingerprint density at radius 3 is 2.58 bits per heavy atom. The zero-order valence-electron chi connectivity index (χ0n) is 28.6. The highest BCUT2D eigenvalue weighted by atomic mass is 16.6. The summed E-state index contributed by atoms with van der Waals surface area (Å²) in [6.07, 6.45) is 4.87. The molecule has 0 unspecified atom stereocenters. The van der Waals surface area contributed by atoms with Gasteiger partial charge in [-0.2, -0.15) is 4.98 Å².